The minimum atomic E-state index is -3.44. The molecule has 4 saturated heterocycles. The molecule has 1 N–H and O–H groups in total. The van der Waals surface area contributed by atoms with Gasteiger partial charge in [0.25, 0.3) is 0 Å². The Bertz CT molecular complexity index is 1300. The molecule has 38 heavy (non-hydrogen) atoms. The van der Waals surface area contributed by atoms with Gasteiger partial charge in [-0.2, -0.15) is 4.68 Å². The van der Waals surface area contributed by atoms with Crippen LogP contribution in [-0.4, -0.2) is 92.8 Å². The molecule has 4 aliphatic rings. The van der Waals surface area contributed by atoms with Gasteiger partial charge >= 0.3 is 6.03 Å². The Morgan fingerprint density at radius 2 is 1.84 bits per heavy atom. The highest BCUT2D eigenvalue weighted by molar-refractivity contribution is 7.92. The van der Waals surface area contributed by atoms with Crippen molar-refractivity contribution in [2.75, 3.05) is 68.4 Å². The van der Waals surface area contributed by atoms with Gasteiger partial charge in [-0.25, -0.2) is 13.2 Å². The number of fused-ring (bicyclic) bond motifs is 1. The number of likely N-dealkylation sites (tertiary alicyclic amines) is 2. The molecule has 2 atom stereocenters. The molecule has 0 aliphatic carbocycles. The lowest BCUT2D eigenvalue weighted by Crippen LogP contribution is -2.45. The fourth-order valence-electron chi connectivity index (χ4n) is 6.61. The van der Waals surface area contributed by atoms with Crippen LogP contribution in [0.4, 0.5) is 16.3 Å². The Morgan fingerprint density at radius 1 is 1.13 bits per heavy atom. The van der Waals surface area contributed by atoms with Crippen molar-refractivity contribution in [1.82, 2.24) is 19.6 Å². The second-order valence-electron chi connectivity index (χ2n) is 11.5. The van der Waals surface area contributed by atoms with E-state index < -0.39 is 10.0 Å². The number of halogens is 1. The van der Waals surface area contributed by atoms with Gasteiger partial charge in [-0.3, -0.25) is 9.62 Å². The zero-order valence-electron chi connectivity index (χ0n) is 21.7. The van der Waals surface area contributed by atoms with Gasteiger partial charge in [0.15, 0.2) is 5.82 Å². The number of amides is 1. The number of sulfonamides is 1. The Balaban J connectivity index is 1.01. The SMILES string of the molecule is CS(=O)(=O)Nc1ccn(C(=O)N2CCC3(CCN(Cc4ccc(N5CC6COCC6C5)c(Cl)c4)C3)CC2)n1. The highest BCUT2D eigenvalue weighted by Gasteiger charge is 2.42. The van der Waals surface area contributed by atoms with E-state index in [2.05, 4.69) is 37.8 Å². The van der Waals surface area contributed by atoms with Gasteiger partial charge in [-0.1, -0.05) is 17.7 Å². The lowest BCUT2D eigenvalue weighted by Gasteiger charge is -2.39. The molecular formula is C26H35ClN6O4S. The standard InChI is InChI=1S/C26H35ClN6O4S/c1-38(35,36)29-24-4-8-33(28-24)25(34)31-10-6-26(7-11-31)5-9-30(18-26)13-19-2-3-23(22(27)12-19)32-14-20-16-37-17-21(20)15-32/h2-4,8,12,20-21H,5-7,9-11,13-18H2,1H3,(H,28,29). The smallest absolute Gasteiger partial charge is 0.344 e. The van der Waals surface area contributed by atoms with Crippen LogP contribution in [0, 0.1) is 17.3 Å². The molecule has 206 valence electrons. The van der Waals surface area contributed by atoms with E-state index >= 15 is 0 Å². The number of carbonyl (C=O) groups is 1. The molecule has 1 spiro atoms. The summed E-state index contributed by atoms with van der Waals surface area (Å²) < 4.78 is 32.0. The van der Waals surface area contributed by atoms with Gasteiger partial charge in [0.1, 0.15) is 0 Å². The predicted octanol–water partition coefficient (Wildman–Crippen LogP) is 2.95. The summed E-state index contributed by atoms with van der Waals surface area (Å²) in [4.78, 5) is 19.6. The molecule has 2 unspecified atom stereocenters. The number of nitrogens with zero attached hydrogens (tertiary/aromatic N) is 5. The van der Waals surface area contributed by atoms with Crippen molar-refractivity contribution in [2.45, 2.75) is 25.8 Å². The Hall–Kier alpha value is -2.34. The zero-order valence-corrected chi connectivity index (χ0v) is 23.3. The van der Waals surface area contributed by atoms with E-state index in [0.717, 1.165) is 82.2 Å². The van der Waals surface area contributed by atoms with Gasteiger partial charge in [0.2, 0.25) is 10.0 Å². The number of piperidine rings is 1. The number of hydrogen-bond donors (Lipinski definition) is 1. The monoisotopic (exact) mass is 562 g/mol. The van der Waals surface area contributed by atoms with Crippen molar-refractivity contribution in [3.63, 3.8) is 0 Å². The van der Waals surface area contributed by atoms with Crippen LogP contribution >= 0.6 is 11.6 Å². The molecule has 6 rings (SSSR count). The van der Waals surface area contributed by atoms with E-state index in [-0.39, 0.29) is 17.3 Å². The molecule has 1 amide bonds. The summed E-state index contributed by atoms with van der Waals surface area (Å²) in [5.41, 5.74) is 2.60. The summed E-state index contributed by atoms with van der Waals surface area (Å²) in [5.74, 6) is 1.40. The van der Waals surface area contributed by atoms with Crippen molar-refractivity contribution in [3.05, 3.63) is 41.0 Å². The maximum Gasteiger partial charge on any atom is 0.344 e. The predicted molar refractivity (Wildman–Crippen MR) is 146 cm³/mol. The Labute approximate surface area is 228 Å². The maximum atomic E-state index is 12.9. The molecule has 1 aromatic heterocycles. The van der Waals surface area contributed by atoms with Crippen molar-refractivity contribution in [3.8, 4) is 0 Å². The normalized spacial score (nSPS) is 25.3. The highest BCUT2D eigenvalue weighted by atomic mass is 35.5. The number of aromatic nitrogens is 2. The Morgan fingerprint density at radius 3 is 2.53 bits per heavy atom. The average molecular weight is 563 g/mol. The Kier molecular flexibility index (Phi) is 6.82. The molecule has 10 nitrogen and oxygen atoms in total. The molecule has 12 heteroatoms. The summed E-state index contributed by atoms with van der Waals surface area (Å²) in [7, 11) is -3.44. The van der Waals surface area contributed by atoms with Crippen LogP contribution < -0.4 is 9.62 Å². The summed E-state index contributed by atoms with van der Waals surface area (Å²) in [5, 5.41) is 4.91. The fourth-order valence-corrected chi connectivity index (χ4v) is 7.42. The van der Waals surface area contributed by atoms with E-state index in [1.807, 2.05) is 4.90 Å². The molecule has 0 saturated carbocycles. The average Bonchev–Trinajstić information content (AvgIpc) is 3.64. The zero-order chi connectivity index (χ0) is 26.5. The molecule has 0 radical (unpaired) electrons. The van der Waals surface area contributed by atoms with E-state index in [4.69, 9.17) is 16.3 Å². The summed E-state index contributed by atoms with van der Waals surface area (Å²) in [6.07, 6.45) is 5.58. The van der Waals surface area contributed by atoms with E-state index in [1.54, 1.807) is 0 Å². The third-order valence-corrected chi connectivity index (χ3v) is 9.57. The quantitative estimate of drug-likeness (QED) is 0.598. The van der Waals surface area contributed by atoms with Crippen LogP contribution in [0.15, 0.2) is 30.5 Å². The van der Waals surface area contributed by atoms with Gasteiger partial charge < -0.3 is 14.5 Å². The van der Waals surface area contributed by atoms with Gasteiger partial charge in [0.05, 0.1) is 30.2 Å². The van der Waals surface area contributed by atoms with Crippen LogP contribution in [0.1, 0.15) is 24.8 Å². The van der Waals surface area contributed by atoms with Crippen molar-refractivity contribution >= 4 is 39.2 Å². The molecule has 5 heterocycles. The van der Waals surface area contributed by atoms with Crippen LogP contribution in [0.5, 0.6) is 0 Å². The van der Waals surface area contributed by atoms with E-state index in [0.29, 0.717) is 24.9 Å². The number of carbonyl (C=O) groups excluding carboxylic acids is 1. The summed E-state index contributed by atoms with van der Waals surface area (Å²) in [6, 6.07) is 7.80. The first-order valence-electron chi connectivity index (χ1n) is 13.3. The number of hydrogen-bond acceptors (Lipinski definition) is 7. The lowest BCUT2D eigenvalue weighted by atomic mass is 9.78. The third-order valence-electron chi connectivity index (χ3n) is 8.69. The van der Waals surface area contributed by atoms with E-state index in [9.17, 15) is 13.2 Å². The second kappa shape index (κ2) is 10.0. The number of ether oxygens (including phenoxy) is 1. The fraction of sp³-hybridized carbons (Fsp3) is 0.615. The first-order valence-corrected chi connectivity index (χ1v) is 15.6. The topological polar surface area (TPSA) is 100 Å². The largest absolute Gasteiger partial charge is 0.381 e. The lowest BCUT2D eigenvalue weighted by molar-refractivity contribution is 0.118. The first-order chi connectivity index (χ1) is 18.2. The molecular weight excluding hydrogens is 528 g/mol. The molecule has 0 bridgehead atoms. The molecule has 4 fully saturated rings. The van der Waals surface area contributed by atoms with E-state index in [1.165, 1.54) is 22.5 Å². The van der Waals surface area contributed by atoms with Gasteiger partial charge in [0, 0.05) is 63.4 Å². The summed E-state index contributed by atoms with van der Waals surface area (Å²) in [6.45, 7) is 8.08. The second-order valence-corrected chi connectivity index (χ2v) is 13.7. The van der Waals surface area contributed by atoms with Crippen LogP contribution in [-0.2, 0) is 21.3 Å². The number of rotatable bonds is 5. The van der Waals surface area contributed by atoms with Crippen LogP contribution in [0.25, 0.3) is 0 Å². The minimum Gasteiger partial charge on any atom is -0.381 e. The highest BCUT2D eigenvalue weighted by Crippen LogP contribution is 2.41. The molecule has 4 aliphatic heterocycles. The number of anilines is 2. The van der Waals surface area contributed by atoms with Crippen molar-refractivity contribution in [1.29, 1.82) is 0 Å². The number of benzene rings is 1. The van der Waals surface area contributed by atoms with Crippen LogP contribution in [0.3, 0.4) is 0 Å². The minimum absolute atomic E-state index is 0.145. The maximum absolute atomic E-state index is 12.9. The van der Waals surface area contributed by atoms with Gasteiger partial charge in [-0.15, -0.1) is 5.10 Å². The third kappa shape index (κ3) is 5.38. The number of nitrogens with one attached hydrogen (secondary N) is 1. The summed E-state index contributed by atoms with van der Waals surface area (Å²) >= 11 is 6.75. The van der Waals surface area contributed by atoms with Crippen molar-refractivity contribution in [2.24, 2.45) is 17.3 Å². The van der Waals surface area contributed by atoms with Crippen molar-refractivity contribution < 1.29 is 17.9 Å². The van der Waals surface area contributed by atoms with Gasteiger partial charge in [-0.05, 0) is 48.9 Å². The molecule has 2 aromatic rings. The van der Waals surface area contributed by atoms with Crippen LogP contribution in [0.2, 0.25) is 5.02 Å². The first kappa shape index (κ1) is 25.9. The molecule has 1 aromatic carbocycles.